The fourth-order valence-corrected chi connectivity index (χ4v) is 1.51. The Kier molecular flexibility index (Phi) is 2.62. The van der Waals surface area contributed by atoms with Crippen molar-refractivity contribution < 1.29 is 4.79 Å². The van der Waals surface area contributed by atoms with Gasteiger partial charge in [-0.3, -0.25) is 4.79 Å². The summed E-state index contributed by atoms with van der Waals surface area (Å²) in [5.41, 5.74) is 0. The number of nitrogens with zero attached hydrogens (tertiary/aromatic N) is 1. The number of anilines is 1. The van der Waals surface area contributed by atoms with Crippen LogP contribution in [0.1, 0.15) is 12.8 Å². The molecule has 4 nitrogen and oxygen atoms in total. The van der Waals surface area contributed by atoms with Crippen molar-refractivity contribution in [2.24, 2.45) is 0 Å². The molecule has 14 heavy (non-hydrogen) atoms. The van der Waals surface area contributed by atoms with E-state index in [4.69, 9.17) is 0 Å². The van der Waals surface area contributed by atoms with Gasteiger partial charge in [-0.1, -0.05) is 6.07 Å². The maximum absolute atomic E-state index is 10.9. The second-order valence-corrected chi connectivity index (χ2v) is 3.40. The molecule has 1 saturated heterocycles. The molecule has 74 valence electrons. The number of hydrogen-bond donors (Lipinski definition) is 2. The van der Waals surface area contributed by atoms with E-state index in [1.807, 2.05) is 18.2 Å². The number of pyridine rings is 1. The Hall–Kier alpha value is -1.58. The number of rotatable bonds is 2. The van der Waals surface area contributed by atoms with Crippen LogP contribution in [0.4, 0.5) is 5.82 Å². The standard InChI is InChI=1S/C10H13N3O/c14-10-5-4-8(7-12-10)13-9-3-1-2-6-11-9/h1-3,6,8H,4-5,7H2,(H,11,13)(H,12,14). The van der Waals surface area contributed by atoms with E-state index in [2.05, 4.69) is 15.6 Å². The molecule has 0 aliphatic carbocycles. The molecule has 0 radical (unpaired) electrons. The molecule has 1 aromatic heterocycles. The first-order valence-electron chi connectivity index (χ1n) is 4.79. The summed E-state index contributed by atoms with van der Waals surface area (Å²) in [7, 11) is 0. The van der Waals surface area contributed by atoms with Crippen LogP contribution < -0.4 is 10.6 Å². The molecule has 0 saturated carbocycles. The zero-order valence-corrected chi connectivity index (χ0v) is 7.86. The fourth-order valence-electron chi connectivity index (χ4n) is 1.51. The highest BCUT2D eigenvalue weighted by Crippen LogP contribution is 2.09. The molecule has 0 spiro atoms. The quantitative estimate of drug-likeness (QED) is 0.726. The predicted octanol–water partition coefficient (Wildman–Crippen LogP) is 0.772. The minimum absolute atomic E-state index is 0.143. The first-order valence-corrected chi connectivity index (χ1v) is 4.79. The van der Waals surface area contributed by atoms with Crippen molar-refractivity contribution in [1.82, 2.24) is 10.3 Å². The largest absolute Gasteiger partial charge is 0.366 e. The van der Waals surface area contributed by atoms with Crippen molar-refractivity contribution >= 4 is 11.7 Å². The monoisotopic (exact) mass is 191 g/mol. The summed E-state index contributed by atoms with van der Waals surface area (Å²) in [4.78, 5) is 15.1. The van der Waals surface area contributed by atoms with E-state index < -0.39 is 0 Å². The third kappa shape index (κ3) is 2.22. The molecule has 2 heterocycles. The highest BCUT2D eigenvalue weighted by molar-refractivity contribution is 5.76. The van der Waals surface area contributed by atoms with Gasteiger partial charge in [0.25, 0.3) is 0 Å². The number of carbonyl (C=O) groups is 1. The van der Waals surface area contributed by atoms with Gasteiger partial charge < -0.3 is 10.6 Å². The van der Waals surface area contributed by atoms with Crippen molar-refractivity contribution in [3.63, 3.8) is 0 Å². The van der Waals surface area contributed by atoms with E-state index in [0.717, 1.165) is 12.2 Å². The van der Waals surface area contributed by atoms with E-state index in [9.17, 15) is 4.79 Å². The summed E-state index contributed by atoms with van der Waals surface area (Å²) < 4.78 is 0. The van der Waals surface area contributed by atoms with E-state index in [1.54, 1.807) is 6.20 Å². The topological polar surface area (TPSA) is 54.0 Å². The third-order valence-corrected chi connectivity index (χ3v) is 2.28. The highest BCUT2D eigenvalue weighted by atomic mass is 16.1. The lowest BCUT2D eigenvalue weighted by atomic mass is 10.1. The zero-order valence-electron chi connectivity index (χ0n) is 7.86. The molecule has 2 N–H and O–H groups in total. The van der Waals surface area contributed by atoms with Gasteiger partial charge in [0.15, 0.2) is 0 Å². The van der Waals surface area contributed by atoms with Gasteiger partial charge in [-0.2, -0.15) is 0 Å². The van der Waals surface area contributed by atoms with Crippen LogP contribution in [0.5, 0.6) is 0 Å². The molecular formula is C10H13N3O. The minimum atomic E-state index is 0.143. The summed E-state index contributed by atoms with van der Waals surface area (Å²) in [6.45, 7) is 0.690. The lowest BCUT2D eigenvalue weighted by Crippen LogP contribution is -2.42. The Morgan fingerprint density at radius 2 is 2.43 bits per heavy atom. The van der Waals surface area contributed by atoms with Gasteiger partial charge in [-0.15, -0.1) is 0 Å². The number of carbonyl (C=O) groups excluding carboxylic acids is 1. The number of piperidine rings is 1. The first-order chi connectivity index (χ1) is 6.84. The predicted molar refractivity (Wildman–Crippen MR) is 53.9 cm³/mol. The Balaban J connectivity index is 1.89. The molecule has 2 rings (SSSR count). The van der Waals surface area contributed by atoms with E-state index in [0.29, 0.717) is 19.0 Å². The van der Waals surface area contributed by atoms with Gasteiger partial charge in [0.05, 0.1) is 0 Å². The van der Waals surface area contributed by atoms with E-state index >= 15 is 0 Å². The molecule has 1 amide bonds. The molecule has 1 aromatic rings. The molecule has 1 atom stereocenters. The fraction of sp³-hybridized carbons (Fsp3) is 0.400. The maximum Gasteiger partial charge on any atom is 0.220 e. The van der Waals surface area contributed by atoms with Crippen LogP contribution in [0.3, 0.4) is 0 Å². The molecule has 0 bridgehead atoms. The summed E-state index contributed by atoms with van der Waals surface area (Å²) >= 11 is 0. The number of amides is 1. The van der Waals surface area contributed by atoms with Crippen molar-refractivity contribution in [3.8, 4) is 0 Å². The molecule has 1 aliphatic rings. The van der Waals surface area contributed by atoms with Crippen molar-refractivity contribution in [1.29, 1.82) is 0 Å². The van der Waals surface area contributed by atoms with Crippen molar-refractivity contribution in [2.45, 2.75) is 18.9 Å². The highest BCUT2D eigenvalue weighted by Gasteiger charge is 2.17. The van der Waals surface area contributed by atoms with Crippen LogP contribution in [0.2, 0.25) is 0 Å². The van der Waals surface area contributed by atoms with Gasteiger partial charge in [0.2, 0.25) is 5.91 Å². The average Bonchev–Trinajstić information content (AvgIpc) is 2.23. The van der Waals surface area contributed by atoms with Crippen LogP contribution in [0, 0.1) is 0 Å². The molecular weight excluding hydrogens is 178 g/mol. The summed E-state index contributed by atoms with van der Waals surface area (Å²) in [6.07, 6.45) is 3.23. The normalized spacial score (nSPS) is 21.4. The van der Waals surface area contributed by atoms with Crippen LogP contribution in [0.15, 0.2) is 24.4 Å². The lowest BCUT2D eigenvalue weighted by molar-refractivity contribution is -0.122. The number of aromatic nitrogens is 1. The van der Waals surface area contributed by atoms with Gasteiger partial charge in [-0.25, -0.2) is 4.98 Å². The summed E-state index contributed by atoms with van der Waals surface area (Å²) in [5.74, 6) is 1.01. The molecule has 4 heteroatoms. The van der Waals surface area contributed by atoms with E-state index in [-0.39, 0.29) is 5.91 Å². The Morgan fingerprint density at radius 1 is 1.50 bits per heavy atom. The van der Waals surface area contributed by atoms with Crippen LogP contribution in [-0.2, 0) is 4.79 Å². The number of nitrogens with one attached hydrogen (secondary N) is 2. The van der Waals surface area contributed by atoms with Crippen molar-refractivity contribution in [2.75, 3.05) is 11.9 Å². The molecule has 1 unspecified atom stereocenters. The van der Waals surface area contributed by atoms with Gasteiger partial charge in [-0.05, 0) is 18.6 Å². The second kappa shape index (κ2) is 4.09. The van der Waals surface area contributed by atoms with Crippen LogP contribution >= 0.6 is 0 Å². The molecule has 0 aromatic carbocycles. The molecule has 1 aliphatic heterocycles. The van der Waals surface area contributed by atoms with Crippen LogP contribution in [-0.4, -0.2) is 23.5 Å². The Labute approximate surface area is 82.7 Å². The summed E-state index contributed by atoms with van der Waals surface area (Å²) in [6, 6.07) is 6.06. The molecule has 1 fully saturated rings. The third-order valence-electron chi connectivity index (χ3n) is 2.28. The van der Waals surface area contributed by atoms with Crippen LogP contribution in [0.25, 0.3) is 0 Å². The second-order valence-electron chi connectivity index (χ2n) is 3.40. The number of hydrogen-bond acceptors (Lipinski definition) is 3. The summed E-state index contributed by atoms with van der Waals surface area (Å²) in [5, 5.41) is 6.10. The first kappa shape index (κ1) is 8.99. The zero-order chi connectivity index (χ0) is 9.80. The average molecular weight is 191 g/mol. The maximum atomic E-state index is 10.9. The smallest absolute Gasteiger partial charge is 0.220 e. The van der Waals surface area contributed by atoms with E-state index in [1.165, 1.54) is 0 Å². The van der Waals surface area contributed by atoms with Crippen molar-refractivity contribution in [3.05, 3.63) is 24.4 Å². The Bertz CT molecular complexity index is 302. The van der Waals surface area contributed by atoms with Gasteiger partial charge in [0.1, 0.15) is 5.82 Å². The van der Waals surface area contributed by atoms with Gasteiger partial charge >= 0.3 is 0 Å². The Morgan fingerprint density at radius 3 is 3.07 bits per heavy atom. The minimum Gasteiger partial charge on any atom is -0.366 e. The SMILES string of the molecule is O=C1CCC(Nc2ccccn2)CN1. The van der Waals surface area contributed by atoms with Gasteiger partial charge in [0, 0.05) is 25.2 Å². The lowest BCUT2D eigenvalue weighted by Gasteiger charge is -2.23.